The molecule has 1 aromatic heterocycles. The SMILES string of the molecule is COc1ccc(NC(=O)C2CNNC2c2ccccc2)cn1. The minimum atomic E-state index is -0.190. The zero-order valence-electron chi connectivity index (χ0n) is 12.2. The number of carbonyl (C=O) groups is 1. The minimum absolute atomic E-state index is 0.0432. The Morgan fingerprint density at radius 1 is 1.27 bits per heavy atom. The van der Waals surface area contributed by atoms with Crippen molar-refractivity contribution in [2.45, 2.75) is 6.04 Å². The van der Waals surface area contributed by atoms with Crippen molar-refractivity contribution < 1.29 is 9.53 Å². The van der Waals surface area contributed by atoms with E-state index in [0.717, 1.165) is 5.56 Å². The number of hydrogen-bond donors (Lipinski definition) is 3. The normalized spacial score (nSPS) is 20.6. The molecule has 0 radical (unpaired) electrons. The molecule has 1 aliphatic rings. The second kappa shape index (κ2) is 6.55. The molecule has 1 fully saturated rings. The Morgan fingerprint density at radius 3 is 2.77 bits per heavy atom. The molecule has 1 aromatic carbocycles. The molecule has 3 rings (SSSR count). The van der Waals surface area contributed by atoms with Gasteiger partial charge in [-0.15, -0.1) is 0 Å². The number of rotatable bonds is 4. The van der Waals surface area contributed by atoms with Crippen LogP contribution in [0.5, 0.6) is 5.88 Å². The Kier molecular flexibility index (Phi) is 4.32. The van der Waals surface area contributed by atoms with Crippen LogP contribution < -0.4 is 20.9 Å². The highest BCUT2D eigenvalue weighted by Crippen LogP contribution is 2.26. The number of benzene rings is 1. The van der Waals surface area contributed by atoms with Crippen molar-refractivity contribution in [2.24, 2.45) is 5.92 Å². The molecule has 1 aliphatic heterocycles. The topological polar surface area (TPSA) is 75.3 Å². The lowest BCUT2D eigenvalue weighted by molar-refractivity contribution is -0.119. The Balaban J connectivity index is 1.70. The van der Waals surface area contributed by atoms with Gasteiger partial charge in [-0.25, -0.2) is 10.4 Å². The molecule has 2 unspecified atom stereocenters. The summed E-state index contributed by atoms with van der Waals surface area (Å²) in [6, 6.07) is 13.4. The summed E-state index contributed by atoms with van der Waals surface area (Å²) in [4.78, 5) is 16.6. The number of hydrazine groups is 1. The zero-order valence-corrected chi connectivity index (χ0v) is 12.2. The van der Waals surface area contributed by atoms with E-state index < -0.39 is 0 Å². The maximum absolute atomic E-state index is 12.5. The highest BCUT2D eigenvalue weighted by Gasteiger charge is 2.33. The van der Waals surface area contributed by atoms with Gasteiger partial charge in [-0.05, 0) is 11.6 Å². The van der Waals surface area contributed by atoms with Crippen LogP contribution in [0.3, 0.4) is 0 Å². The second-order valence-corrected chi connectivity index (χ2v) is 5.10. The van der Waals surface area contributed by atoms with Gasteiger partial charge in [-0.2, -0.15) is 0 Å². The number of hydrogen-bond acceptors (Lipinski definition) is 5. The maximum atomic E-state index is 12.5. The number of methoxy groups -OCH3 is 1. The first-order valence-electron chi connectivity index (χ1n) is 7.12. The largest absolute Gasteiger partial charge is 0.481 e. The van der Waals surface area contributed by atoms with Gasteiger partial charge in [-0.3, -0.25) is 10.2 Å². The molecular formula is C16H18N4O2. The smallest absolute Gasteiger partial charge is 0.230 e. The van der Waals surface area contributed by atoms with Gasteiger partial charge in [0.15, 0.2) is 0 Å². The van der Waals surface area contributed by atoms with Gasteiger partial charge in [0.25, 0.3) is 0 Å². The van der Waals surface area contributed by atoms with E-state index in [1.165, 1.54) is 0 Å². The highest BCUT2D eigenvalue weighted by molar-refractivity contribution is 5.93. The fourth-order valence-corrected chi connectivity index (χ4v) is 2.53. The van der Waals surface area contributed by atoms with Crippen LogP contribution >= 0.6 is 0 Å². The lowest BCUT2D eigenvalue weighted by atomic mass is 9.94. The van der Waals surface area contributed by atoms with E-state index in [1.807, 2.05) is 30.3 Å². The quantitative estimate of drug-likeness (QED) is 0.797. The Hall–Kier alpha value is -2.44. The molecule has 2 aromatic rings. The third-order valence-corrected chi connectivity index (χ3v) is 3.69. The van der Waals surface area contributed by atoms with Crippen LogP contribution in [-0.2, 0) is 4.79 Å². The summed E-state index contributed by atoms with van der Waals surface area (Å²) in [6.45, 7) is 0.578. The number of nitrogens with one attached hydrogen (secondary N) is 3. The van der Waals surface area contributed by atoms with Gasteiger partial charge in [0.2, 0.25) is 11.8 Å². The standard InChI is InChI=1S/C16H18N4O2/c1-22-14-8-7-12(9-17-14)19-16(21)13-10-18-20-15(13)11-5-3-2-4-6-11/h2-9,13,15,18,20H,10H2,1H3,(H,19,21). The average Bonchev–Trinajstić information content (AvgIpc) is 3.06. The number of anilines is 1. The molecule has 22 heavy (non-hydrogen) atoms. The molecule has 3 N–H and O–H groups in total. The van der Waals surface area contributed by atoms with Crippen molar-refractivity contribution in [1.82, 2.24) is 15.8 Å². The molecule has 0 spiro atoms. The molecule has 2 heterocycles. The van der Waals surface area contributed by atoms with Crippen LogP contribution in [0.15, 0.2) is 48.7 Å². The third kappa shape index (κ3) is 3.08. The Bertz CT molecular complexity index is 630. The number of pyridine rings is 1. The number of ether oxygens (including phenoxy) is 1. The summed E-state index contributed by atoms with van der Waals surface area (Å²) in [5, 5.41) is 2.90. The third-order valence-electron chi connectivity index (χ3n) is 3.69. The molecule has 0 bridgehead atoms. The van der Waals surface area contributed by atoms with E-state index in [0.29, 0.717) is 18.1 Å². The van der Waals surface area contributed by atoms with Crippen molar-refractivity contribution in [3.05, 3.63) is 54.2 Å². The molecule has 0 aliphatic carbocycles. The number of carbonyl (C=O) groups excluding carboxylic acids is 1. The summed E-state index contributed by atoms with van der Waals surface area (Å²) in [5.74, 6) is 0.284. The molecule has 114 valence electrons. The number of aromatic nitrogens is 1. The molecule has 6 heteroatoms. The van der Waals surface area contributed by atoms with Crippen molar-refractivity contribution in [3.63, 3.8) is 0 Å². The summed E-state index contributed by atoms with van der Waals surface area (Å²) in [5.41, 5.74) is 7.96. The lowest BCUT2D eigenvalue weighted by Crippen LogP contribution is -2.29. The van der Waals surface area contributed by atoms with E-state index >= 15 is 0 Å². The van der Waals surface area contributed by atoms with E-state index in [-0.39, 0.29) is 17.9 Å². The van der Waals surface area contributed by atoms with Gasteiger partial charge in [-0.1, -0.05) is 30.3 Å². The van der Waals surface area contributed by atoms with Crippen LogP contribution in [0, 0.1) is 5.92 Å². The maximum Gasteiger partial charge on any atom is 0.230 e. The first kappa shape index (κ1) is 14.5. The summed E-state index contributed by atoms with van der Waals surface area (Å²) in [7, 11) is 1.56. The van der Waals surface area contributed by atoms with Crippen LogP contribution in [0.1, 0.15) is 11.6 Å². The van der Waals surface area contributed by atoms with Gasteiger partial charge >= 0.3 is 0 Å². The highest BCUT2D eigenvalue weighted by atomic mass is 16.5. The zero-order chi connectivity index (χ0) is 15.4. The Labute approximate surface area is 128 Å². The molecule has 1 amide bonds. The Morgan fingerprint density at radius 2 is 2.09 bits per heavy atom. The van der Waals surface area contributed by atoms with Gasteiger partial charge in [0.1, 0.15) is 0 Å². The first-order chi connectivity index (χ1) is 10.8. The van der Waals surface area contributed by atoms with Gasteiger partial charge < -0.3 is 10.1 Å². The van der Waals surface area contributed by atoms with Crippen LogP contribution in [0.2, 0.25) is 0 Å². The van der Waals surface area contributed by atoms with Crippen LogP contribution in [0.4, 0.5) is 5.69 Å². The van der Waals surface area contributed by atoms with Gasteiger partial charge in [0, 0.05) is 12.6 Å². The van der Waals surface area contributed by atoms with E-state index in [2.05, 4.69) is 21.2 Å². The minimum Gasteiger partial charge on any atom is -0.481 e. The van der Waals surface area contributed by atoms with Crippen molar-refractivity contribution in [2.75, 3.05) is 19.0 Å². The van der Waals surface area contributed by atoms with Crippen molar-refractivity contribution in [1.29, 1.82) is 0 Å². The fourth-order valence-electron chi connectivity index (χ4n) is 2.53. The van der Waals surface area contributed by atoms with Crippen LogP contribution in [0.25, 0.3) is 0 Å². The monoisotopic (exact) mass is 298 g/mol. The molecule has 2 atom stereocenters. The van der Waals surface area contributed by atoms with Crippen molar-refractivity contribution in [3.8, 4) is 5.88 Å². The second-order valence-electron chi connectivity index (χ2n) is 5.10. The van der Waals surface area contributed by atoms with E-state index in [9.17, 15) is 4.79 Å². The van der Waals surface area contributed by atoms with Crippen LogP contribution in [-0.4, -0.2) is 24.5 Å². The summed E-state index contributed by atoms with van der Waals surface area (Å²) in [6.07, 6.45) is 1.59. The fraction of sp³-hybridized carbons (Fsp3) is 0.250. The molecule has 6 nitrogen and oxygen atoms in total. The van der Waals surface area contributed by atoms with Gasteiger partial charge in [0.05, 0.1) is 31.0 Å². The summed E-state index contributed by atoms with van der Waals surface area (Å²) >= 11 is 0. The average molecular weight is 298 g/mol. The molecular weight excluding hydrogens is 280 g/mol. The molecule has 0 saturated carbocycles. The molecule has 1 saturated heterocycles. The van der Waals surface area contributed by atoms with E-state index in [1.54, 1.807) is 25.4 Å². The number of amides is 1. The summed E-state index contributed by atoms with van der Waals surface area (Å²) < 4.78 is 5.01. The predicted molar refractivity (Wildman–Crippen MR) is 83.2 cm³/mol. The predicted octanol–water partition coefficient (Wildman–Crippen LogP) is 1.49. The first-order valence-corrected chi connectivity index (χ1v) is 7.12. The van der Waals surface area contributed by atoms with E-state index in [4.69, 9.17) is 4.74 Å². The number of nitrogens with zero attached hydrogens (tertiary/aromatic N) is 1. The van der Waals surface area contributed by atoms with Crippen molar-refractivity contribution >= 4 is 11.6 Å². The lowest BCUT2D eigenvalue weighted by Gasteiger charge is -2.18.